The Bertz CT molecular complexity index is 476. The fourth-order valence-electron chi connectivity index (χ4n) is 2.82. The Labute approximate surface area is 122 Å². The van der Waals surface area contributed by atoms with Crippen LogP contribution in [0.15, 0.2) is 4.47 Å². The van der Waals surface area contributed by atoms with Gasteiger partial charge >= 0.3 is 0 Å². The lowest BCUT2D eigenvalue weighted by Crippen LogP contribution is -2.42. The number of rotatable bonds is 2. The summed E-state index contributed by atoms with van der Waals surface area (Å²) in [7, 11) is 3.34. The van der Waals surface area contributed by atoms with Crippen LogP contribution in [0.5, 0.6) is 5.88 Å². The minimum atomic E-state index is -0.0239. The number of ether oxygens (including phenoxy) is 1. The minimum absolute atomic E-state index is 0.0239. The van der Waals surface area contributed by atoms with Crippen LogP contribution in [0.3, 0.4) is 0 Å². The van der Waals surface area contributed by atoms with Crippen molar-refractivity contribution in [1.29, 1.82) is 0 Å². The first-order valence-electron chi connectivity index (χ1n) is 6.49. The third-order valence-corrected chi connectivity index (χ3v) is 4.21. The molecule has 0 aromatic carbocycles. The molecule has 0 unspecified atom stereocenters. The van der Waals surface area contributed by atoms with Crippen molar-refractivity contribution >= 4 is 21.8 Å². The van der Waals surface area contributed by atoms with E-state index in [-0.39, 0.29) is 5.91 Å². The van der Waals surface area contributed by atoms with Crippen LogP contribution in [0.25, 0.3) is 0 Å². The third-order valence-electron chi connectivity index (χ3n) is 3.49. The molecule has 1 aliphatic rings. The number of amides is 1. The van der Waals surface area contributed by atoms with Crippen LogP contribution in [0.4, 0.5) is 0 Å². The minimum Gasteiger partial charge on any atom is -0.480 e. The third kappa shape index (κ3) is 2.78. The SMILES string of the molecule is COc1c(Br)c(C(=O)N2C[C@@H](C)C[C@H](C)C2)nn1C. The van der Waals surface area contributed by atoms with Crippen LogP contribution in [-0.4, -0.2) is 40.8 Å². The van der Waals surface area contributed by atoms with Crippen LogP contribution < -0.4 is 4.74 Å². The van der Waals surface area contributed by atoms with E-state index >= 15 is 0 Å². The molecule has 0 aliphatic carbocycles. The maximum atomic E-state index is 12.6. The molecule has 0 N–H and O–H groups in total. The van der Waals surface area contributed by atoms with E-state index in [1.807, 2.05) is 4.90 Å². The Kier molecular flexibility index (Phi) is 4.18. The number of methoxy groups -OCH3 is 1. The van der Waals surface area contributed by atoms with E-state index in [4.69, 9.17) is 4.74 Å². The summed E-state index contributed by atoms with van der Waals surface area (Å²) in [6, 6.07) is 0. The molecule has 0 bridgehead atoms. The largest absolute Gasteiger partial charge is 0.480 e. The van der Waals surface area contributed by atoms with Crippen LogP contribution in [-0.2, 0) is 7.05 Å². The lowest BCUT2D eigenvalue weighted by Gasteiger charge is -2.34. The van der Waals surface area contributed by atoms with Gasteiger partial charge in [-0.2, -0.15) is 5.10 Å². The normalized spacial score (nSPS) is 23.5. The molecule has 106 valence electrons. The van der Waals surface area contributed by atoms with Gasteiger partial charge in [0, 0.05) is 20.1 Å². The average Bonchev–Trinajstić information content (AvgIpc) is 2.62. The molecular weight excluding hydrogens is 310 g/mol. The Hall–Kier alpha value is -1.04. The molecule has 1 amide bonds. The van der Waals surface area contributed by atoms with Gasteiger partial charge in [0.05, 0.1) is 7.11 Å². The van der Waals surface area contributed by atoms with Crippen LogP contribution in [0.2, 0.25) is 0 Å². The second-order valence-electron chi connectivity index (χ2n) is 5.45. The first kappa shape index (κ1) is 14.4. The summed E-state index contributed by atoms with van der Waals surface area (Å²) < 4.78 is 7.43. The fourth-order valence-corrected chi connectivity index (χ4v) is 3.49. The Morgan fingerprint density at radius 3 is 2.42 bits per heavy atom. The first-order chi connectivity index (χ1) is 8.93. The summed E-state index contributed by atoms with van der Waals surface area (Å²) >= 11 is 3.40. The zero-order valence-corrected chi connectivity index (χ0v) is 13.4. The van der Waals surface area contributed by atoms with E-state index in [1.165, 1.54) is 6.42 Å². The van der Waals surface area contributed by atoms with Crippen LogP contribution >= 0.6 is 15.9 Å². The summed E-state index contributed by atoms with van der Waals surface area (Å²) in [5, 5.41) is 4.26. The van der Waals surface area contributed by atoms with Crippen molar-refractivity contribution in [1.82, 2.24) is 14.7 Å². The molecule has 1 saturated heterocycles. The standard InChI is InChI=1S/C13H20BrN3O2/c1-8-5-9(2)7-17(6-8)12(18)11-10(14)13(19-4)16(3)15-11/h8-9H,5-7H2,1-4H3/t8-,9-/m0/s1. The van der Waals surface area contributed by atoms with Crippen molar-refractivity contribution in [3.8, 4) is 5.88 Å². The molecule has 2 heterocycles. The van der Waals surface area contributed by atoms with E-state index < -0.39 is 0 Å². The monoisotopic (exact) mass is 329 g/mol. The molecule has 1 fully saturated rings. The second kappa shape index (κ2) is 5.53. The van der Waals surface area contributed by atoms with Gasteiger partial charge in [0.15, 0.2) is 5.69 Å². The maximum Gasteiger partial charge on any atom is 0.275 e. The van der Waals surface area contributed by atoms with E-state index in [2.05, 4.69) is 34.9 Å². The molecule has 19 heavy (non-hydrogen) atoms. The number of nitrogens with zero attached hydrogens (tertiary/aromatic N) is 3. The number of piperidine rings is 1. The molecule has 2 rings (SSSR count). The van der Waals surface area contributed by atoms with Crippen molar-refractivity contribution in [3.05, 3.63) is 10.2 Å². The number of hydrogen-bond donors (Lipinski definition) is 0. The van der Waals surface area contributed by atoms with Crippen molar-refractivity contribution in [3.63, 3.8) is 0 Å². The smallest absolute Gasteiger partial charge is 0.275 e. The summed E-state index contributed by atoms with van der Waals surface area (Å²) in [5.74, 6) is 1.62. The number of halogens is 1. The second-order valence-corrected chi connectivity index (χ2v) is 6.24. The quantitative estimate of drug-likeness (QED) is 0.836. The molecule has 0 radical (unpaired) electrons. The lowest BCUT2D eigenvalue weighted by molar-refractivity contribution is 0.0615. The number of carbonyl (C=O) groups is 1. The van der Waals surface area contributed by atoms with Crippen molar-refractivity contribution in [2.45, 2.75) is 20.3 Å². The number of aryl methyl sites for hydroxylation is 1. The van der Waals surface area contributed by atoms with Gasteiger partial charge in [0.1, 0.15) is 4.47 Å². The van der Waals surface area contributed by atoms with Crippen molar-refractivity contribution in [2.75, 3.05) is 20.2 Å². The number of likely N-dealkylation sites (tertiary alicyclic amines) is 1. The van der Waals surface area contributed by atoms with Gasteiger partial charge in [-0.15, -0.1) is 0 Å². The fraction of sp³-hybridized carbons (Fsp3) is 0.692. The van der Waals surface area contributed by atoms with E-state index in [0.29, 0.717) is 27.9 Å². The lowest BCUT2D eigenvalue weighted by atomic mass is 9.92. The van der Waals surface area contributed by atoms with Gasteiger partial charge in [-0.25, -0.2) is 4.68 Å². The molecule has 1 aliphatic heterocycles. The predicted octanol–water partition coefficient (Wildman–Crippen LogP) is 2.31. The molecular formula is C13H20BrN3O2. The zero-order chi connectivity index (χ0) is 14.2. The Morgan fingerprint density at radius 1 is 1.37 bits per heavy atom. The van der Waals surface area contributed by atoms with Gasteiger partial charge in [-0.1, -0.05) is 13.8 Å². The first-order valence-corrected chi connectivity index (χ1v) is 7.29. The van der Waals surface area contributed by atoms with Crippen molar-refractivity contribution < 1.29 is 9.53 Å². The maximum absolute atomic E-state index is 12.6. The topological polar surface area (TPSA) is 47.4 Å². The molecule has 1 aromatic rings. The van der Waals surface area contributed by atoms with E-state index in [0.717, 1.165) is 13.1 Å². The molecule has 2 atom stereocenters. The van der Waals surface area contributed by atoms with Crippen LogP contribution in [0.1, 0.15) is 30.8 Å². The van der Waals surface area contributed by atoms with Gasteiger partial charge in [0.25, 0.3) is 5.91 Å². The molecule has 0 spiro atoms. The Balaban J connectivity index is 2.24. The zero-order valence-electron chi connectivity index (χ0n) is 11.8. The molecule has 6 heteroatoms. The molecule has 1 aromatic heterocycles. The molecule has 5 nitrogen and oxygen atoms in total. The highest BCUT2D eigenvalue weighted by molar-refractivity contribution is 9.10. The summed E-state index contributed by atoms with van der Waals surface area (Å²) in [6.45, 7) is 5.97. The number of hydrogen-bond acceptors (Lipinski definition) is 3. The van der Waals surface area contributed by atoms with Gasteiger partial charge in [-0.3, -0.25) is 4.79 Å². The van der Waals surface area contributed by atoms with Gasteiger partial charge < -0.3 is 9.64 Å². The molecule has 0 saturated carbocycles. The summed E-state index contributed by atoms with van der Waals surface area (Å²) in [6.07, 6.45) is 1.18. The highest BCUT2D eigenvalue weighted by Gasteiger charge is 2.30. The van der Waals surface area contributed by atoms with Gasteiger partial charge in [-0.05, 0) is 34.2 Å². The van der Waals surface area contributed by atoms with Crippen LogP contribution in [0, 0.1) is 11.8 Å². The predicted molar refractivity (Wildman–Crippen MR) is 76.3 cm³/mol. The number of carbonyl (C=O) groups excluding carboxylic acids is 1. The van der Waals surface area contributed by atoms with Gasteiger partial charge in [0.2, 0.25) is 5.88 Å². The number of aromatic nitrogens is 2. The summed E-state index contributed by atoms with van der Waals surface area (Å²) in [5.41, 5.74) is 0.431. The van der Waals surface area contributed by atoms with E-state index in [1.54, 1.807) is 18.8 Å². The summed E-state index contributed by atoms with van der Waals surface area (Å²) in [4.78, 5) is 14.5. The van der Waals surface area contributed by atoms with E-state index in [9.17, 15) is 4.79 Å². The highest BCUT2D eigenvalue weighted by Crippen LogP contribution is 2.30. The van der Waals surface area contributed by atoms with Crippen molar-refractivity contribution in [2.24, 2.45) is 18.9 Å². The Morgan fingerprint density at radius 2 is 1.95 bits per heavy atom. The average molecular weight is 330 g/mol. The highest BCUT2D eigenvalue weighted by atomic mass is 79.9.